The molecule has 0 aromatic heterocycles. The predicted octanol–water partition coefficient (Wildman–Crippen LogP) is 2.71. The summed E-state index contributed by atoms with van der Waals surface area (Å²) in [5, 5.41) is 12.9. The third kappa shape index (κ3) is 1.69. The van der Waals surface area contributed by atoms with Crippen LogP contribution in [0.3, 0.4) is 0 Å². The van der Waals surface area contributed by atoms with E-state index in [4.69, 9.17) is 0 Å². The zero-order valence-electron chi connectivity index (χ0n) is 9.92. The van der Waals surface area contributed by atoms with E-state index in [1.807, 2.05) is 19.9 Å². The van der Waals surface area contributed by atoms with E-state index >= 15 is 0 Å². The van der Waals surface area contributed by atoms with Gasteiger partial charge in [-0.2, -0.15) is 0 Å². The number of aliphatic hydroxyl groups excluding tert-OH is 1. The lowest BCUT2D eigenvalue weighted by Gasteiger charge is -2.50. The highest BCUT2D eigenvalue weighted by atomic mass is 19.1. The summed E-state index contributed by atoms with van der Waals surface area (Å²) in [7, 11) is 0. The first-order valence-corrected chi connectivity index (χ1v) is 5.62. The molecule has 2 rings (SSSR count). The molecule has 16 heavy (non-hydrogen) atoms. The van der Waals surface area contributed by atoms with Crippen molar-refractivity contribution in [2.24, 2.45) is 5.41 Å². The highest BCUT2D eigenvalue weighted by Crippen LogP contribution is 2.42. The SMILES string of the molecule is Cc1c(F)cccc1NC1CC(O)C1(C)C. The Kier molecular flexibility index (Phi) is 2.66. The number of nitrogens with one attached hydrogen (secondary N) is 1. The summed E-state index contributed by atoms with van der Waals surface area (Å²) in [4.78, 5) is 0. The van der Waals surface area contributed by atoms with Gasteiger partial charge in [0.05, 0.1) is 6.10 Å². The lowest BCUT2D eigenvalue weighted by Crippen LogP contribution is -2.57. The summed E-state index contributed by atoms with van der Waals surface area (Å²) >= 11 is 0. The summed E-state index contributed by atoms with van der Waals surface area (Å²) in [5.74, 6) is -0.192. The monoisotopic (exact) mass is 223 g/mol. The van der Waals surface area contributed by atoms with Crippen molar-refractivity contribution in [3.8, 4) is 0 Å². The fraction of sp³-hybridized carbons (Fsp3) is 0.538. The minimum atomic E-state index is -0.265. The molecule has 0 amide bonds. The molecule has 0 aliphatic heterocycles. The highest BCUT2D eigenvalue weighted by molar-refractivity contribution is 5.52. The fourth-order valence-electron chi connectivity index (χ4n) is 2.10. The Morgan fingerprint density at radius 2 is 2.12 bits per heavy atom. The number of rotatable bonds is 2. The van der Waals surface area contributed by atoms with Gasteiger partial charge in [-0.1, -0.05) is 19.9 Å². The van der Waals surface area contributed by atoms with E-state index in [2.05, 4.69) is 5.32 Å². The van der Waals surface area contributed by atoms with Gasteiger partial charge in [-0.3, -0.25) is 0 Å². The molecular formula is C13H18FNO. The smallest absolute Gasteiger partial charge is 0.128 e. The largest absolute Gasteiger partial charge is 0.392 e. The molecule has 2 N–H and O–H groups in total. The van der Waals surface area contributed by atoms with Gasteiger partial charge in [0.1, 0.15) is 5.82 Å². The van der Waals surface area contributed by atoms with Gasteiger partial charge >= 0.3 is 0 Å². The maximum Gasteiger partial charge on any atom is 0.128 e. The molecule has 88 valence electrons. The van der Waals surface area contributed by atoms with E-state index in [9.17, 15) is 9.50 Å². The van der Waals surface area contributed by atoms with Crippen molar-refractivity contribution in [3.63, 3.8) is 0 Å². The first-order valence-electron chi connectivity index (χ1n) is 5.62. The summed E-state index contributed by atoms with van der Waals surface area (Å²) in [6, 6.07) is 5.25. The average molecular weight is 223 g/mol. The Labute approximate surface area is 95.5 Å². The molecule has 1 aliphatic rings. The van der Waals surface area contributed by atoms with Crippen LogP contribution in [0.5, 0.6) is 0 Å². The van der Waals surface area contributed by atoms with Gasteiger partial charge in [0.25, 0.3) is 0 Å². The van der Waals surface area contributed by atoms with Crippen LogP contribution in [0.15, 0.2) is 18.2 Å². The summed E-state index contributed by atoms with van der Waals surface area (Å²) < 4.78 is 13.3. The second-order valence-electron chi connectivity index (χ2n) is 5.18. The highest BCUT2D eigenvalue weighted by Gasteiger charge is 2.47. The van der Waals surface area contributed by atoms with Gasteiger partial charge in [0.2, 0.25) is 0 Å². The number of anilines is 1. The molecule has 0 bridgehead atoms. The fourth-order valence-corrected chi connectivity index (χ4v) is 2.10. The van der Waals surface area contributed by atoms with Crippen molar-refractivity contribution >= 4 is 5.69 Å². The van der Waals surface area contributed by atoms with Gasteiger partial charge in [0.15, 0.2) is 0 Å². The number of benzene rings is 1. The van der Waals surface area contributed by atoms with Crippen molar-refractivity contribution in [2.45, 2.75) is 39.3 Å². The van der Waals surface area contributed by atoms with E-state index in [0.717, 1.165) is 12.1 Å². The number of aliphatic hydroxyl groups is 1. The van der Waals surface area contributed by atoms with E-state index in [1.54, 1.807) is 13.0 Å². The van der Waals surface area contributed by atoms with Crippen LogP contribution < -0.4 is 5.32 Å². The van der Waals surface area contributed by atoms with E-state index in [-0.39, 0.29) is 23.4 Å². The lowest BCUT2D eigenvalue weighted by atomic mass is 9.64. The molecule has 0 spiro atoms. The van der Waals surface area contributed by atoms with Crippen LogP contribution in [-0.2, 0) is 0 Å². The van der Waals surface area contributed by atoms with Crippen LogP contribution in [0.2, 0.25) is 0 Å². The van der Waals surface area contributed by atoms with Crippen molar-refractivity contribution < 1.29 is 9.50 Å². The van der Waals surface area contributed by atoms with Crippen molar-refractivity contribution in [1.29, 1.82) is 0 Å². The van der Waals surface area contributed by atoms with Gasteiger partial charge in [-0.05, 0) is 25.5 Å². The standard InChI is InChI=1S/C13H18FNO/c1-8-9(14)5-4-6-10(8)15-11-7-12(16)13(11,2)3/h4-6,11-12,15-16H,7H2,1-3H3. The first-order chi connectivity index (χ1) is 7.43. The van der Waals surface area contributed by atoms with Gasteiger partial charge in [0, 0.05) is 22.7 Å². The Morgan fingerprint density at radius 1 is 1.44 bits per heavy atom. The van der Waals surface area contributed by atoms with Crippen LogP contribution in [0.1, 0.15) is 25.8 Å². The molecule has 0 saturated heterocycles. The summed E-state index contributed by atoms with van der Waals surface area (Å²) in [5.41, 5.74) is 1.32. The normalized spacial score (nSPS) is 27.3. The molecule has 2 nitrogen and oxygen atoms in total. The molecule has 1 saturated carbocycles. The maximum atomic E-state index is 13.3. The molecule has 2 atom stereocenters. The van der Waals surface area contributed by atoms with E-state index in [0.29, 0.717) is 5.56 Å². The maximum absolute atomic E-state index is 13.3. The summed E-state index contributed by atoms with van der Waals surface area (Å²) in [6.07, 6.45) is 0.460. The van der Waals surface area contributed by atoms with Crippen molar-refractivity contribution in [1.82, 2.24) is 0 Å². The molecule has 1 fully saturated rings. The molecular weight excluding hydrogens is 205 g/mol. The summed E-state index contributed by atoms with van der Waals surface area (Å²) in [6.45, 7) is 5.81. The zero-order valence-corrected chi connectivity index (χ0v) is 9.92. The van der Waals surface area contributed by atoms with Gasteiger partial charge in [-0.15, -0.1) is 0 Å². The van der Waals surface area contributed by atoms with E-state index in [1.165, 1.54) is 6.07 Å². The Bertz CT molecular complexity index is 403. The number of hydrogen-bond acceptors (Lipinski definition) is 2. The lowest BCUT2D eigenvalue weighted by molar-refractivity contribution is -0.0510. The zero-order chi connectivity index (χ0) is 11.9. The minimum absolute atomic E-state index is 0.140. The Morgan fingerprint density at radius 3 is 2.69 bits per heavy atom. The first kappa shape index (κ1) is 11.4. The third-order valence-corrected chi connectivity index (χ3v) is 3.81. The second kappa shape index (κ2) is 3.74. The molecule has 1 aliphatic carbocycles. The van der Waals surface area contributed by atoms with E-state index < -0.39 is 0 Å². The molecule has 1 aromatic carbocycles. The van der Waals surface area contributed by atoms with Crippen molar-refractivity contribution in [3.05, 3.63) is 29.6 Å². The third-order valence-electron chi connectivity index (χ3n) is 3.81. The molecule has 1 aromatic rings. The van der Waals surface area contributed by atoms with Crippen LogP contribution >= 0.6 is 0 Å². The predicted molar refractivity (Wildman–Crippen MR) is 63.0 cm³/mol. The molecule has 0 heterocycles. The molecule has 0 radical (unpaired) electrons. The number of hydrogen-bond donors (Lipinski definition) is 2. The van der Waals surface area contributed by atoms with Crippen LogP contribution in [0.25, 0.3) is 0 Å². The van der Waals surface area contributed by atoms with Crippen LogP contribution in [0, 0.1) is 18.2 Å². The topological polar surface area (TPSA) is 32.3 Å². The molecule has 3 heteroatoms. The Balaban J connectivity index is 2.14. The van der Waals surface area contributed by atoms with Crippen LogP contribution in [-0.4, -0.2) is 17.3 Å². The molecule has 2 unspecified atom stereocenters. The van der Waals surface area contributed by atoms with Gasteiger partial charge in [-0.25, -0.2) is 4.39 Å². The van der Waals surface area contributed by atoms with Crippen LogP contribution in [0.4, 0.5) is 10.1 Å². The minimum Gasteiger partial charge on any atom is -0.392 e. The van der Waals surface area contributed by atoms with Gasteiger partial charge < -0.3 is 10.4 Å². The average Bonchev–Trinajstić information content (AvgIpc) is 2.24. The number of halogens is 1. The van der Waals surface area contributed by atoms with Crippen molar-refractivity contribution in [2.75, 3.05) is 5.32 Å². The quantitative estimate of drug-likeness (QED) is 0.808. The second-order valence-corrected chi connectivity index (χ2v) is 5.18. The Hall–Kier alpha value is -1.09.